The van der Waals surface area contributed by atoms with Crippen LogP contribution in [0.1, 0.15) is 0 Å². The second-order valence-corrected chi connectivity index (χ2v) is 14.3. The predicted octanol–water partition coefficient (Wildman–Crippen LogP) is 10.1. The van der Waals surface area contributed by atoms with Gasteiger partial charge in [-0.05, 0) is 85.7 Å². The fraction of sp³-hybridized carbons (Fsp3) is 0. The van der Waals surface area contributed by atoms with E-state index < -0.39 is 0 Å². The second kappa shape index (κ2) is 8.94. The Labute approximate surface area is 280 Å². The highest BCUT2D eigenvalue weighted by Crippen LogP contribution is 2.47. The van der Waals surface area contributed by atoms with Crippen LogP contribution in [0.2, 0.25) is 0 Å². The summed E-state index contributed by atoms with van der Waals surface area (Å²) >= 11 is 1.97. The normalized spacial score (nSPS) is 13.3. The van der Waals surface area contributed by atoms with E-state index in [0.29, 0.717) is 0 Å². The molecule has 8 aromatic carbocycles. The molecule has 0 N–H and O–H groups in total. The lowest BCUT2D eigenvalue weighted by atomic mass is 9.36. The van der Waals surface area contributed by atoms with Gasteiger partial charge in [0, 0.05) is 42.7 Å². The molecule has 0 unspecified atom stereocenters. The molecule has 10 aromatic rings. The van der Waals surface area contributed by atoms with Gasteiger partial charge in [0.2, 0.25) is 0 Å². The van der Waals surface area contributed by atoms with E-state index in [1.54, 1.807) is 0 Å². The quantitative estimate of drug-likeness (QED) is 0.130. The van der Waals surface area contributed by atoms with E-state index >= 15 is 0 Å². The number of aromatic nitrogens is 1. The van der Waals surface area contributed by atoms with Crippen molar-refractivity contribution in [2.75, 3.05) is 4.90 Å². The Balaban J connectivity index is 1.38. The Morgan fingerprint density at radius 3 is 1.90 bits per heavy atom. The molecule has 2 aliphatic rings. The number of para-hydroxylation sites is 2. The molecule has 0 amide bonds. The highest BCUT2D eigenvalue weighted by atomic mass is 32.1. The molecule has 2 aliphatic heterocycles. The van der Waals surface area contributed by atoms with Crippen molar-refractivity contribution in [2.45, 2.75) is 0 Å². The van der Waals surface area contributed by atoms with Gasteiger partial charge < -0.3 is 9.47 Å². The van der Waals surface area contributed by atoms with Gasteiger partial charge in [0.05, 0.1) is 16.7 Å². The van der Waals surface area contributed by atoms with Crippen molar-refractivity contribution in [1.82, 2.24) is 4.57 Å². The second-order valence-electron chi connectivity index (χ2n) is 13.2. The first kappa shape index (κ1) is 25.3. The standard InChI is InChI=1S/C44H25BN2S/c1-2-13-26(14-3-1)46-36-22-12-23-37-40(36)45(44-43(46)32-20-9-11-24-38(32)48-44)41-39-31-19-7-6-16-28(31)27-15-4-5-17-29(27)33(39)25-34-30-18-8-10-21-35(30)47(37)42(34)41/h1-25H. The lowest BCUT2D eigenvalue weighted by molar-refractivity contribution is 1.18. The summed E-state index contributed by atoms with van der Waals surface area (Å²) in [4.78, 5) is 2.54. The van der Waals surface area contributed by atoms with Crippen LogP contribution in [0.5, 0.6) is 0 Å². The Bertz CT molecular complexity index is 3030. The highest BCUT2D eigenvalue weighted by molar-refractivity contribution is 7.34. The van der Waals surface area contributed by atoms with E-state index in [-0.39, 0.29) is 6.71 Å². The molecule has 0 radical (unpaired) electrons. The molecule has 4 heterocycles. The van der Waals surface area contributed by atoms with Gasteiger partial charge in [-0.3, -0.25) is 0 Å². The van der Waals surface area contributed by atoms with Crippen LogP contribution in [0.3, 0.4) is 0 Å². The molecule has 2 aromatic heterocycles. The highest BCUT2D eigenvalue weighted by Gasteiger charge is 2.45. The molecule has 0 saturated carbocycles. The van der Waals surface area contributed by atoms with Gasteiger partial charge in [0.1, 0.15) is 0 Å². The minimum absolute atomic E-state index is 0.0798. The SMILES string of the molecule is c1ccc(N2c3cccc4c3B(c3sc5ccccc5c32)c2c3c5ccccc5c5ccccc5c3cc3c5ccccc5n-4c23)cc1. The lowest BCUT2D eigenvalue weighted by Gasteiger charge is -2.39. The first-order valence-electron chi connectivity index (χ1n) is 16.7. The third-order valence-electron chi connectivity index (χ3n) is 10.9. The fourth-order valence-corrected chi connectivity index (χ4v) is 10.5. The van der Waals surface area contributed by atoms with Gasteiger partial charge in [0.15, 0.2) is 0 Å². The molecular weight excluding hydrogens is 599 g/mol. The summed E-state index contributed by atoms with van der Waals surface area (Å²) in [5, 5.41) is 11.9. The van der Waals surface area contributed by atoms with Crippen LogP contribution in [0, 0.1) is 0 Å². The topological polar surface area (TPSA) is 8.17 Å². The maximum atomic E-state index is 2.58. The molecule has 220 valence electrons. The summed E-state index contributed by atoms with van der Waals surface area (Å²) in [7, 11) is 0. The number of rotatable bonds is 1. The van der Waals surface area contributed by atoms with Crippen molar-refractivity contribution in [3.05, 3.63) is 152 Å². The monoisotopic (exact) mass is 624 g/mol. The molecule has 0 atom stereocenters. The number of hydrogen-bond acceptors (Lipinski definition) is 2. The Morgan fingerprint density at radius 1 is 0.458 bits per heavy atom. The van der Waals surface area contributed by atoms with Crippen LogP contribution < -0.4 is 20.6 Å². The molecule has 12 rings (SSSR count). The number of thiophene rings is 1. The molecular formula is C44H25BN2S. The molecule has 0 bridgehead atoms. The molecule has 2 nitrogen and oxygen atoms in total. The summed E-state index contributed by atoms with van der Waals surface area (Å²) in [5.41, 5.74) is 10.5. The minimum atomic E-state index is 0.0798. The number of anilines is 3. The van der Waals surface area contributed by atoms with Crippen molar-refractivity contribution < 1.29 is 0 Å². The van der Waals surface area contributed by atoms with Gasteiger partial charge >= 0.3 is 0 Å². The zero-order valence-electron chi connectivity index (χ0n) is 25.8. The van der Waals surface area contributed by atoms with Gasteiger partial charge in [0.25, 0.3) is 6.71 Å². The average molecular weight is 625 g/mol. The largest absolute Gasteiger partial charge is 0.310 e. The summed E-state index contributed by atoms with van der Waals surface area (Å²) in [6, 6.07) is 56.5. The third-order valence-corrected chi connectivity index (χ3v) is 12.1. The maximum Gasteiger partial charge on any atom is 0.265 e. The van der Waals surface area contributed by atoms with Crippen LogP contribution in [0.4, 0.5) is 17.1 Å². The van der Waals surface area contributed by atoms with Gasteiger partial charge in [-0.2, -0.15) is 0 Å². The zero-order chi connectivity index (χ0) is 31.1. The number of hydrogen-bond donors (Lipinski definition) is 0. The van der Waals surface area contributed by atoms with E-state index in [1.807, 2.05) is 11.3 Å². The van der Waals surface area contributed by atoms with Crippen LogP contribution >= 0.6 is 11.3 Å². The lowest BCUT2D eigenvalue weighted by Crippen LogP contribution is -2.59. The van der Waals surface area contributed by atoms with E-state index in [9.17, 15) is 0 Å². The third kappa shape index (κ3) is 2.96. The van der Waals surface area contributed by atoms with Crippen molar-refractivity contribution in [3.63, 3.8) is 0 Å². The molecule has 0 saturated heterocycles. The average Bonchev–Trinajstić information content (AvgIpc) is 3.70. The minimum Gasteiger partial charge on any atom is -0.310 e. The maximum absolute atomic E-state index is 2.58. The summed E-state index contributed by atoms with van der Waals surface area (Å²) in [5.74, 6) is 0. The van der Waals surface area contributed by atoms with Crippen LogP contribution in [0.25, 0.3) is 69.9 Å². The molecule has 0 fully saturated rings. The zero-order valence-corrected chi connectivity index (χ0v) is 26.6. The van der Waals surface area contributed by atoms with Crippen LogP contribution in [-0.2, 0) is 0 Å². The van der Waals surface area contributed by atoms with E-state index in [2.05, 4.69) is 161 Å². The van der Waals surface area contributed by atoms with Crippen LogP contribution in [-0.4, -0.2) is 11.3 Å². The summed E-state index contributed by atoms with van der Waals surface area (Å²) in [6.07, 6.45) is 0. The van der Waals surface area contributed by atoms with E-state index in [1.165, 1.54) is 103 Å². The van der Waals surface area contributed by atoms with Crippen molar-refractivity contribution in [2.24, 2.45) is 0 Å². The fourth-order valence-electron chi connectivity index (χ4n) is 9.16. The van der Waals surface area contributed by atoms with Gasteiger partial charge in [-0.25, -0.2) is 0 Å². The Kier molecular flexibility index (Phi) is 4.71. The van der Waals surface area contributed by atoms with Crippen molar-refractivity contribution >= 4 is 115 Å². The van der Waals surface area contributed by atoms with E-state index in [4.69, 9.17) is 0 Å². The smallest absolute Gasteiger partial charge is 0.265 e. The predicted molar refractivity (Wildman–Crippen MR) is 208 cm³/mol. The number of benzene rings is 8. The molecule has 4 heteroatoms. The Morgan fingerprint density at radius 2 is 1.08 bits per heavy atom. The summed E-state index contributed by atoms with van der Waals surface area (Å²) in [6.45, 7) is 0.0798. The molecule has 48 heavy (non-hydrogen) atoms. The molecule has 0 spiro atoms. The van der Waals surface area contributed by atoms with Gasteiger partial charge in [-0.1, -0.05) is 109 Å². The van der Waals surface area contributed by atoms with Crippen molar-refractivity contribution in [1.29, 1.82) is 0 Å². The van der Waals surface area contributed by atoms with E-state index in [0.717, 1.165) is 0 Å². The Hall–Kier alpha value is -5.84. The van der Waals surface area contributed by atoms with Crippen molar-refractivity contribution in [3.8, 4) is 5.69 Å². The number of nitrogens with zero attached hydrogens (tertiary/aromatic N) is 2. The van der Waals surface area contributed by atoms with Gasteiger partial charge in [-0.15, -0.1) is 11.3 Å². The first-order chi connectivity index (χ1) is 23.9. The molecule has 0 aliphatic carbocycles. The first-order valence-corrected chi connectivity index (χ1v) is 17.5. The number of fused-ring (bicyclic) bond motifs is 16. The van der Waals surface area contributed by atoms with Crippen LogP contribution in [0.15, 0.2) is 152 Å². The summed E-state index contributed by atoms with van der Waals surface area (Å²) < 4.78 is 5.33.